The summed E-state index contributed by atoms with van der Waals surface area (Å²) in [5, 5.41) is 13.3. The number of carboxylic acid groups (broad SMARTS) is 1. The van der Waals surface area contributed by atoms with E-state index < -0.39 is 12.0 Å². The molecule has 0 bridgehead atoms. The zero-order valence-electron chi connectivity index (χ0n) is 14.6. The first kappa shape index (κ1) is 17.4. The van der Waals surface area contributed by atoms with Crippen LogP contribution in [0.2, 0.25) is 0 Å². The van der Waals surface area contributed by atoms with Gasteiger partial charge < -0.3 is 10.4 Å². The number of fused-ring (bicyclic) bond motifs is 1. The van der Waals surface area contributed by atoms with Crippen molar-refractivity contribution in [3.8, 4) is 10.4 Å². The lowest BCUT2D eigenvalue weighted by Gasteiger charge is -2.15. The maximum absolute atomic E-state index is 12.7. The number of nitrogens with one attached hydrogen (secondary N) is 1. The number of benzene rings is 1. The number of aliphatic carboxylic acids is 1. The Kier molecular flexibility index (Phi) is 4.49. The molecule has 7 nitrogen and oxygen atoms in total. The van der Waals surface area contributed by atoms with Gasteiger partial charge in [0.25, 0.3) is 5.56 Å². The van der Waals surface area contributed by atoms with E-state index in [-0.39, 0.29) is 17.3 Å². The number of anilines is 1. The highest BCUT2D eigenvalue weighted by atomic mass is 32.1. The minimum atomic E-state index is -1.00. The Morgan fingerprint density at radius 1 is 1.30 bits per heavy atom. The number of rotatable bonds is 5. The molecule has 1 aliphatic rings. The number of carbonyl (C=O) groups is 1. The number of aromatic nitrogens is 3. The Balaban J connectivity index is 1.59. The molecule has 8 heteroatoms. The average Bonchev–Trinajstić information content (AvgIpc) is 3.32. The van der Waals surface area contributed by atoms with Crippen molar-refractivity contribution in [3.63, 3.8) is 0 Å². The summed E-state index contributed by atoms with van der Waals surface area (Å²) >= 11 is 1.55. The first-order valence-corrected chi connectivity index (χ1v) is 9.47. The molecule has 0 aliphatic carbocycles. The lowest BCUT2D eigenvalue weighted by atomic mass is 10.2. The summed E-state index contributed by atoms with van der Waals surface area (Å²) in [4.78, 5) is 33.9. The third kappa shape index (κ3) is 3.23. The molecule has 0 unspecified atom stereocenters. The van der Waals surface area contributed by atoms with Crippen LogP contribution in [0.25, 0.3) is 10.4 Å². The Morgan fingerprint density at radius 2 is 2.07 bits per heavy atom. The standard InChI is InChI=1S/C19H18N4O3S/c1-11(17-21-10-15(27-17)12-5-3-2-4-6-12)22-13-9-20-16-8-7-14(19(25)26)23(16)18(13)24/h2-6,9-11,14,22H,7-8H2,1H3,(H,25,26)/t11-,14+/m1/s1. The number of nitrogens with zero attached hydrogens (tertiary/aromatic N) is 3. The number of carboxylic acids is 1. The largest absolute Gasteiger partial charge is 0.480 e. The number of hydrogen-bond acceptors (Lipinski definition) is 6. The first-order valence-electron chi connectivity index (χ1n) is 8.65. The van der Waals surface area contributed by atoms with Crippen molar-refractivity contribution in [2.45, 2.75) is 31.8 Å². The van der Waals surface area contributed by atoms with E-state index in [9.17, 15) is 14.7 Å². The molecule has 2 N–H and O–H groups in total. The molecule has 0 spiro atoms. The van der Waals surface area contributed by atoms with Crippen molar-refractivity contribution in [1.82, 2.24) is 14.5 Å². The van der Waals surface area contributed by atoms with Crippen LogP contribution in [0.15, 0.2) is 47.5 Å². The van der Waals surface area contributed by atoms with Gasteiger partial charge in [-0.3, -0.25) is 9.36 Å². The molecule has 2 atom stereocenters. The maximum atomic E-state index is 12.7. The van der Waals surface area contributed by atoms with Crippen LogP contribution in [-0.4, -0.2) is 25.6 Å². The highest BCUT2D eigenvalue weighted by molar-refractivity contribution is 7.15. The van der Waals surface area contributed by atoms with E-state index in [0.717, 1.165) is 15.4 Å². The highest BCUT2D eigenvalue weighted by Crippen LogP contribution is 2.30. The minimum Gasteiger partial charge on any atom is -0.480 e. The van der Waals surface area contributed by atoms with Crippen LogP contribution in [0, 0.1) is 0 Å². The molecule has 1 aliphatic heterocycles. The van der Waals surface area contributed by atoms with E-state index in [1.54, 1.807) is 11.3 Å². The topological polar surface area (TPSA) is 97.1 Å². The van der Waals surface area contributed by atoms with Gasteiger partial charge in [0.15, 0.2) is 0 Å². The Morgan fingerprint density at radius 3 is 2.81 bits per heavy atom. The Hall–Kier alpha value is -3.00. The van der Waals surface area contributed by atoms with Gasteiger partial charge >= 0.3 is 5.97 Å². The van der Waals surface area contributed by atoms with Gasteiger partial charge in [0, 0.05) is 12.6 Å². The molecule has 0 amide bonds. The quantitative estimate of drug-likeness (QED) is 0.704. The number of thiazole rings is 1. The van der Waals surface area contributed by atoms with Gasteiger partial charge in [-0.05, 0) is 18.9 Å². The van der Waals surface area contributed by atoms with Gasteiger partial charge in [-0.15, -0.1) is 11.3 Å². The molecule has 3 heterocycles. The molecule has 1 aromatic carbocycles. The molecule has 0 radical (unpaired) electrons. The fourth-order valence-electron chi connectivity index (χ4n) is 3.26. The maximum Gasteiger partial charge on any atom is 0.326 e. The van der Waals surface area contributed by atoms with Crippen LogP contribution >= 0.6 is 11.3 Å². The van der Waals surface area contributed by atoms with E-state index in [0.29, 0.717) is 18.7 Å². The summed E-state index contributed by atoms with van der Waals surface area (Å²) in [5.74, 6) is -0.485. The van der Waals surface area contributed by atoms with Crippen LogP contribution in [-0.2, 0) is 11.2 Å². The molecule has 27 heavy (non-hydrogen) atoms. The lowest BCUT2D eigenvalue weighted by molar-refractivity contribution is -0.140. The number of hydrogen-bond donors (Lipinski definition) is 2. The zero-order valence-corrected chi connectivity index (χ0v) is 15.4. The molecule has 2 aromatic heterocycles. The van der Waals surface area contributed by atoms with Crippen LogP contribution in [0.5, 0.6) is 0 Å². The van der Waals surface area contributed by atoms with Gasteiger partial charge in [-0.25, -0.2) is 14.8 Å². The third-order valence-electron chi connectivity index (χ3n) is 4.63. The summed E-state index contributed by atoms with van der Waals surface area (Å²) in [6.45, 7) is 1.92. The molecular weight excluding hydrogens is 364 g/mol. The van der Waals surface area contributed by atoms with E-state index in [1.165, 1.54) is 10.8 Å². The zero-order chi connectivity index (χ0) is 19.0. The summed E-state index contributed by atoms with van der Waals surface area (Å²) in [7, 11) is 0. The Bertz CT molecular complexity index is 1040. The molecule has 138 valence electrons. The first-order chi connectivity index (χ1) is 13.0. The van der Waals surface area contributed by atoms with Crippen molar-refractivity contribution in [2.24, 2.45) is 0 Å². The van der Waals surface area contributed by atoms with E-state index >= 15 is 0 Å². The summed E-state index contributed by atoms with van der Waals surface area (Å²) in [6, 6.07) is 8.93. The molecule has 0 saturated heterocycles. The monoisotopic (exact) mass is 382 g/mol. The molecule has 3 aromatic rings. The van der Waals surface area contributed by atoms with Gasteiger partial charge in [0.05, 0.1) is 17.1 Å². The second-order valence-corrected chi connectivity index (χ2v) is 7.51. The highest BCUT2D eigenvalue weighted by Gasteiger charge is 2.31. The predicted molar refractivity (Wildman–Crippen MR) is 103 cm³/mol. The van der Waals surface area contributed by atoms with Crippen LogP contribution in [0.3, 0.4) is 0 Å². The smallest absolute Gasteiger partial charge is 0.326 e. The van der Waals surface area contributed by atoms with Crippen molar-refractivity contribution in [3.05, 3.63) is 63.9 Å². The fraction of sp³-hybridized carbons (Fsp3) is 0.263. The van der Waals surface area contributed by atoms with Gasteiger partial charge in [0.1, 0.15) is 22.6 Å². The van der Waals surface area contributed by atoms with Crippen LogP contribution in [0.1, 0.15) is 36.3 Å². The summed E-state index contributed by atoms with van der Waals surface area (Å²) < 4.78 is 1.29. The van der Waals surface area contributed by atoms with E-state index in [4.69, 9.17) is 0 Å². The van der Waals surface area contributed by atoms with Gasteiger partial charge in [-0.1, -0.05) is 30.3 Å². The molecule has 0 saturated carbocycles. The molecule has 0 fully saturated rings. The van der Waals surface area contributed by atoms with Crippen molar-refractivity contribution < 1.29 is 9.90 Å². The van der Waals surface area contributed by atoms with Crippen molar-refractivity contribution in [1.29, 1.82) is 0 Å². The number of aryl methyl sites for hydroxylation is 1. The SMILES string of the molecule is C[C@@H](Nc1cnc2n(c1=O)[C@H](C(=O)O)CC2)c1ncc(-c2ccccc2)s1. The van der Waals surface area contributed by atoms with Crippen LogP contribution < -0.4 is 10.9 Å². The Labute approximate surface area is 159 Å². The molecule has 4 rings (SSSR count). The minimum absolute atomic E-state index is 0.203. The average molecular weight is 382 g/mol. The predicted octanol–water partition coefficient (Wildman–Crippen LogP) is 3.11. The fourth-order valence-corrected chi connectivity index (χ4v) is 4.18. The third-order valence-corrected chi connectivity index (χ3v) is 5.86. The lowest BCUT2D eigenvalue weighted by Crippen LogP contribution is -2.30. The second kappa shape index (κ2) is 6.96. The van der Waals surface area contributed by atoms with Crippen molar-refractivity contribution >= 4 is 23.0 Å². The normalized spacial score (nSPS) is 16.7. The molecular formula is C19H18N4O3S. The van der Waals surface area contributed by atoms with Gasteiger partial charge in [0.2, 0.25) is 0 Å². The second-order valence-electron chi connectivity index (χ2n) is 6.45. The van der Waals surface area contributed by atoms with Gasteiger partial charge in [-0.2, -0.15) is 0 Å². The van der Waals surface area contributed by atoms with Crippen LogP contribution in [0.4, 0.5) is 5.69 Å². The summed E-state index contributed by atoms with van der Waals surface area (Å²) in [5.41, 5.74) is 1.03. The van der Waals surface area contributed by atoms with E-state index in [2.05, 4.69) is 15.3 Å². The van der Waals surface area contributed by atoms with Crippen molar-refractivity contribution in [2.75, 3.05) is 5.32 Å². The summed E-state index contributed by atoms with van der Waals surface area (Å²) in [6.07, 6.45) is 4.20. The van der Waals surface area contributed by atoms with E-state index in [1.807, 2.05) is 43.5 Å².